The molecule has 1 saturated heterocycles. The van der Waals surface area contributed by atoms with E-state index in [4.69, 9.17) is 23.2 Å². The molecule has 0 saturated carbocycles. The molecule has 0 aliphatic carbocycles. The second kappa shape index (κ2) is 8.89. The van der Waals surface area contributed by atoms with E-state index in [-0.39, 0.29) is 0 Å². The lowest BCUT2D eigenvalue weighted by Crippen LogP contribution is -2.46. The number of rotatable bonds is 6. The zero-order valence-electron chi connectivity index (χ0n) is 15.3. The number of hydrogen-bond acceptors (Lipinski definition) is 4. The van der Waals surface area contributed by atoms with Crippen LogP contribution in [0.2, 0.25) is 0 Å². The maximum atomic E-state index is 6.35. The lowest BCUT2D eigenvalue weighted by Gasteiger charge is -2.37. The van der Waals surface area contributed by atoms with Crippen LogP contribution in [0, 0.1) is 0 Å². The molecular formula is C19H25Cl2N5. The minimum absolute atomic E-state index is 0.617. The third-order valence-electron chi connectivity index (χ3n) is 4.89. The quantitative estimate of drug-likeness (QED) is 0.693. The molecule has 1 aromatic heterocycles. The fourth-order valence-corrected chi connectivity index (χ4v) is 3.64. The molecule has 0 N–H and O–H groups in total. The molecule has 0 atom stereocenters. The first-order chi connectivity index (χ1) is 12.6. The number of benzene rings is 1. The average molecular weight is 394 g/mol. The third kappa shape index (κ3) is 4.40. The number of aryl methyl sites for hydroxylation is 1. The molecular weight excluding hydrogens is 369 g/mol. The molecule has 3 rings (SSSR count). The topological polar surface area (TPSA) is 37.2 Å². The summed E-state index contributed by atoms with van der Waals surface area (Å²) in [5, 5.41) is 9.74. The Bertz CT molecular complexity index is 803. The Morgan fingerprint density at radius 1 is 1.12 bits per heavy atom. The second-order valence-corrected chi connectivity index (χ2v) is 7.30. The molecule has 0 amide bonds. The number of allylic oxidation sites excluding steroid dienone is 4. The number of aromatic nitrogens is 3. The number of hydrogen-bond donors (Lipinski definition) is 0. The predicted molar refractivity (Wildman–Crippen MR) is 108 cm³/mol. The Kier molecular flexibility index (Phi) is 6.57. The maximum Gasteiger partial charge on any atom is 0.113 e. The third-order valence-corrected chi connectivity index (χ3v) is 5.87. The van der Waals surface area contributed by atoms with Crippen molar-refractivity contribution in [2.45, 2.75) is 26.8 Å². The van der Waals surface area contributed by atoms with Gasteiger partial charge in [-0.3, -0.25) is 4.90 Å². The summed E-state index contributed by atoms with van der Waals surface area (Å²) in [4.78, 5) is 4.81. The Morgan fingerprint density at radius 2 is 1.85 bits per heavy atom. The molecule has 5 nitrogen and oxygen atoms in total. The molecule has 2 heterocycles. The van der Waals surface area contributed by atoms with Crippen LogP contribution in [0.15, 0.2) is 46.1 Å². The fraction of sp³-hybridized carbons (Fsp3) is 0.474. The monoisotopic (exact) mass is 393 g/mol. The van der Waals surface area contributed by atoms with Crippen molar-refractivity contribution in [3.63, 3.8) is 0 Å². The number of halogens is 2. The van der Waals surface area contributed by atoms with Crippen LogP contribution >= 0.6 is 23.2 Å². The van der Waals surface area contributed by atoms with E-state index in [2.05, 4.69) is 26.2 Å². The van der Waals surface area contributed by atoms with Crippen molar-refractivity contribution >= 4 is 34.2 Å². The normalized spacial score (nSPS) is 17.7. The number of para-hydroxylation sites is 1. The molecule has 2 aromatic rings. The number of piperazine rings is 1. The van der Waals surface area contributed by atoms with E-state index >= 15 is 0 Å². The van der Waals surface area contributed by atoms with Gasteiger partial charge in [-0.2, -0.15) is 0 Å². The van der Waals surface area contributed by atoms with E-state index in [1.807, 2.05) is 42.8 Å². The van der Waals surface area contributed by atoms with Crippen molar-refractivity contribution in [2.24, 2.45) is 0 Å². The van der Waals surface area contributed by atoms with Crippen molar-refractivity contribution in [1.29, 1.82) is 0 Å². The molecule has 0 spiro atoms. The second-order valence-electron chi connectivity index (χ2n) is 6.52. The summed E-state index contributed by atoms with van der Waals surface area (Å²) in [6.45, 7) is 9.91. The van der Waals surface area contributed by atoms with Gasteiger partial charge in [-0.1, -0.05) is 46.6 Å². The molecule has 1 fully saturated rings. The molecule has 26 heavy (non-hydrogen) atoms. The van der Waals surface area contributed by atoms with Gasteiger partial charge in [0.25, 0.3) is 0 Å². The lowest BCUT2D eigenvalue weighted by molar-refractivity contribution is 0.155. The van der Waals surface area contributed by atoms with Crippen LogP contribution in [0.3, 0.4) is 0 Å². The molecule has 1 aromatic carbocycles. The van der Waals surface area contributed by atoms with Crippen molar-refractivity contribution in [3.05, 3.63) is 46.1 Å². The van der Waals surface area contributed by atoms with Crippen molar-refractivity contribution < 1.29 is 0 Å². The zero-order chi connectivity index (χ0) is 18.5. The van der Waals surface area contributed by atoms with Gasteiger partial charge < -0.3 is 4.90 Å². The maximum absolute atomic E-state index is 6.35. The van der Waals surface area contributed by atoms with Gasteiger partial charge >= 0.3 is 0 Å². The highest BCUT2D eigenvalue weighted by Crippen LogP contribution is 2.25. The van der Waals surface area contributed by atoms with Crippen LogP contribution in [0.1, 0.15) is 20.3 Å². The van der Waals surface area contributed by atoms with Crippen LogP contribution in [0.25, 0.3) is 11.0 Å². The molecule has 0 unspecified atom stereocenters. The van der Waals surface area contributed by atoms with E-state index in [1.54, 1.807) is 0 Å². The smallest absolute Gasteiger partial charge is 0.113 e. The van der Waals surface area contributed by atoms with Crippen molar-refractivity contribution in [2.75, 3.05) is 32.7 Å². The summed E-state index contributed by atoms with van der Waals surface area (Å²) in [6, 6.07) is 8.09. The summed E-state index contributed by atoms with van der Waals surface area (Å²) in [7, 11) is 0. The fourth-order valence-electron chi connectivity index (χ4n) is 3.27. The van der Waals surface area contributed by atoms with Crippen LogP contribution < -0.4 is 0 Å². The van der Waals surface area contributed by atoms with Gasteiger partial charge in [0.1, 0.15) is 5.52 Å². The van der Waals surface area contributed by atoms with Gasteiger partial charge in [-0.15, -0.1) is 5.10 Å². The van der Waals surface area contributed by atoms with E-state index < -0.39 is 0 Å². The molecule has 1 aliphatic rings. The Hall–Kier alpha value is -1.56. The zero-order valence-corrected chi connectivity index (χ0v) is 16.8. The van der Waals surface area contributed by atoms with Crippen molar-refractivity contribution in [1.82, 2.24) is 24.8 Å². The minimum atomic E-state index is 0.617. The summed E-state index contributed by atoms with van der Waals surface area (Å²) in [5.41, 5.74) is 3.12. The van der Waals surface area contributed by atoms with E-state index in [0.29, 0.717) is 10.1 Å². The van der Waals surface area contributed by atoms with Crippen LogP contribution in [-0.4, -0.2) is 57.5 Å². The lowest BCUT2D eigenvalue weighted by atomic mass is 10.2. The highest BCUT2D eigenvalue weighted by molar-refractivity contribution is 6.44. The largest absolute Gasteiger partial charge is 0.371 e. The molecule has 1 aliphatic heterocycles. The van der Waals surface area contributed by atoms with Gasteiger partial charge in [0.15, 0.2) is 0 Å². The molecule has 0 bridgehead atoms. The average Bonchev–Trinajstić information content (AvgIpc) is 3.10. The Labute approximate surface area is 164 Å². The number of nitrogens with zero attached hydrogens (tertiary/aromatic N) is 5. The van der Waals surface area contributed by atoms with Crippen LogP contribution in [0.5, 0.6) is 0 Å². The highest BCUT2D eigenvalue weighted by atomic mass is 35.5. The summed E-state index contributed by atoms with van der Waals surface area (Å²) in [5.74, 6) is 0. The predicted octanol–water partition coefficient (Wildman–Crippen LogP) is 4.05. The molecule has 140 valence electrons. The highest BCUT2D eigenvalue weighted by Gasteiger charge is 2.19. The van der Waals surface area contributed by atoms with E-state index in [0.717, 1.165) is 62.4 Å². The SMILES string of the molecule is C/C=C(Cl)\C(Cl)=C(/C)N1CCN(CCCn2nnc3ccccc32)CC1. The first-order valence-electron chi connectivity index (χ1n) is 9.04. The van der Waals surface area contributed by atoms with Gasteiger partial charge in [-0.05, 0) is 32.4 Å². The molecule has 0 radical (unpaired) electrons. The Morgan fingerprint density at radius 3 is 2.58 bits per heavy atom. The van der Waals surface area contributed by atoms with Crippen LogP contribution in [-0.2, 0) is 6.54 Å². The van der Waals surface area contributed by atoms with Crippen molar-refractivity contribution in [3.8, 4) is 0 Å². The van der Waals surface area contributed by atoms with Gasteiger partial charge in [0, 0.05) is 45.0 Å². The number of fused-ring (bicyclic) bond motifs is 1. The van der Waals surface area contributed by atoms with E-state index in [1.165, 1.54) is 0 Å². The molecule has 7 heteroatoms. The van der Waals surface area contributed by atoms with Gasteiger partial charge in [0.05, 0.1) is 15.6 Å². The van der Waals surface area contributed by atoms with Gasteiger partial charge in [-0.25, -0.2) is 4.68 Å². The summed E-state index contributed by atoms with van der Waals surface area (Å²) in [6.07, 6.45) is 2.89. The first-order valence-corrected chi connectivity index (χ1v) is 9.80. The first kappa shape index (κ1) is 19.2. The minimum Gasteiger partial charge on any atom is -0.371 e. The summed E-state index contributed by atoms with van der Waals surface area (Å²) >= 11 is 12.5. The standard InChI is InChI=1S/C19H25Cl2N5/c1-3-16(20)19(21)15(2)25-13-11-24(12-14-25)9-6-10-26-18-8-5-4-7-17(18)22-23-26/h3-5,7-8H,6,9-14H2,1-2H3/b16-3+,19-15-. The van der Waals surface area contributed by atoms with E-state index in [9.17, 15) is 0 Å². The summed E-state index contributed by atoms with van der Waals surface area (Å²) < 4.78 is 2.00. The van der Waals surface area contributed by atoms with Crippen LogP contribution in [0.4, 0.5) is 0 Å². The Balaban J connectivity index is 1.47. The van der Waals surface area contributed by atoms with Gasteiger partial charge in [0.2, 0.25) is 0 Å².